The van der Waals surface area contributed by atoms with Gasteiger partial charge in [0.2, 0.25) is 0 Å². The molecule has 24 heavy (non-hydrogen) atoms. The van der Waals surface area contributed by atoms with Crippen molar-refractivity contribution in [1.82, 2.24) is 0 Å². The molecular weight excluding hydrogens is 330 g/mol. The minimum absolute atomic E-state index is 0.0555. The fourth-order valence-corrected chi connectivity index (χ4v) is 4.33. The van der Waals surface area contributed by atoms with Gasteiger partial charge in [0.1, 0.15) is 11.3 Å². The van der Waals surface area contributed by atoms with Crippen LogP contribution < -0.4 is 9.04 Å². The summed E-state index contributed by atoms with van der Waals surface area (Å²) in [6, 6.07) is 11.2. The number of hydrogen-bond donors (Lipinski definition) is 1. The van der Waals surface area contributed by atoms with Crippen LogP contribution in [0.15, 0.2) is 47.4 Å². The molecule has 0 aliphatic carbocycles. The summed E-state index contributed by atoms with van der Waals surface area (Å²) in [4.78, 5) is 11.4. The average Bonchev–Trinajstić information content (AvgIpc) is 3.00. The van der Waals surface area contributed by atoms with Crippen LogP contribution >= 0.6 is 0 Å². The highest BCUT2D eigenvalue weighted by molar-refractivity contribution is 7.92. The van der Waals surface area contributed by atoms with Gasteiger partial charge in [-0.2, -0.15) is 0 Å². The number of carboxylic acids is 1. The maximum Gasteiger partial charge on any atom is 0.339 e. The number of aromatic carboxylic acids is 1. The molecule has 2 aromatic rings. The van der Waals surface area contributed by atoms with Gasteiger partial charge in [0.25, 0.3) is 10.0 Å². The van der Waals surface area contributed by atoms with E-state index in [0.717, 1.165) is 11.6 Å². The van der Waals surface area contributed by atoms with E-state index in [-0.39, 0.29) is 16.2 Å². The van der Waals surface area contributed by atoms with Gasteiger partial charge in [0.05, 0.1) is 17.2 Å². The molecule has 0 atom stereocenters. The monoisotopic (exact) mass is 347 g/mol. The standard InChI is InChI=1S/C17H17NO5S/c1-2-23-16-8-7-13(11-14(16)17(19)20)24(21,22)18-10-9-12-5-3-4-6-15(12)18/h3-8,11H,2,9-10H2,1H3,(H,19,20). The molecule has 7 heteroatoms. The van der Waals surface area contributed by atoms with E-state index >= 15 is 0 Å². The van der Waals surface area contributed by atoms with Crippen LogP contribution in [0.25, 0.3) is 0 Å². The van der Waals surface area contributed by atoms with Gasteiger partial charge >= 0.3 is 5.97 Å². The molecule has 0 bridgehead atoms. The van der Waals surface area contributed by atoms with Crippen molar-refractivity contribution in [3.63, 3.8) is 0 Å². The SMILES string of the molecule is CCOc1ccc(S(=O)(=O)N2CCc3ccccc32)cc1C(=O)O. The molecule has 0 amide bonds. The fraction of sp³-hybridized carbons (Fsp3) is 0.235. The van der Waals surface area contributed by atoms with Crippen molar-refractivity contribution in [2.75, 3.05) is 17.5 Å². The van der Waals surface area contributed by atoms with Crippen LogP contribution in [0.1, 0.15) is 22.8 Å². The van der Waals surface area contributed by atoms with Crippen molar-refractivity contribution in [3.8, 4) is 5.75 Å². The highest BCUT2D eigenvalue weighted by Gasteiger charge is 2.31. The number of nitrogens with zero attached hydrogens (tertiary/aromatic N) is 1. The maximum atomic E-state index is 12.9. The first-order chi connectivity index (χ1) is 11.4. The first-order valence-electron chi connectivity index (χ1n) is 7.56. The van der Waals surface area contributed by atoms with Gasteiger partial charge in [0.15, 0.2) is 0 Å². The van der Waals surface area contributed by atoms with Crippen LogP contribution in [-0.2, 0) is 16.4 Å². The third-order valence-corrected chi connectivity index (χ3v) is 5.72. The minimum Gasteiger partial charge on any atom is -0.493 e. The van der Waals surface area contributed by atoms with Crippen molar-refractivity contribution >= 4 is 21.7 Å². The van der Waals surface area contributed by atoms with Crippen molar-refractivity contribution < 1.29 is 23.1 Å². The molecule has 1 aliphatic rings. The lowest BCUT2D eigenvalue weighted by atomic mass is 10.2. The zero-order chi connectivity index (χ0) is 17.3. The number of hydrogen-bond acceptors (Lipinski definition) is 4. The summed E-state index contributed by atoms with van der Waals surface area (Å²) in [7, 11) is -3.83. The predicted octanol–water partition coefficient (Wildman–Crippen LogP) is 2.53. The molecule has 3 rings (SSSR count). The number of para-hydroxylation sites is 1. The van der Waals surface area contributed by atoms with Crippen LogP contribution in [-0.4, -0.2) is 32.6 Å². The number of carboxylic acid groups (broad SMARTS) is 1. The Labute approximate surface area is 140 Å². The number of carbonyl (C=O) groups is 1. The zero-order valence-corrected chi connectivity index (χ0v) is 13.9. The first kappa shape index (κ1) is 16.3. The molecule has 1 aliphatic heterocycles. The average molecular weight is 347 g/mol. The van der Waals surface area contributed by atoms with E-state index in [4.69, 9.17) is 4.74 Å². The van der Waals surface area contributed by atoms with Crippen molar-refractivity contribution in [3.05, 3.63) is 53.6 Å². The summed E-state index contributed by atoms with van der Waals surface area (Å²) < 4.78 is 32.4. The predicted molar refractivity (Wildman–Crippen MR) is 89.2 cm³/mol. The molecule has 0 spiro atoms. The molecule has 0 saturated carbocycles. The van der Waals surface area contributed by atoms with Gasteiger partial charge in [-0.1, -0.05) is 18.2 Å². The van der Waals surface area contributed by atoms with E-state index in [1.165, 1.54) is 16.4 Å². The van der Waals surface area contributed by atoms with E-state index in [1.54, 1.807) is 19.1 Å². The lowest BCUT2D eigenvalue weighted by molar-refractivity contribution is 0.0692. The summed E-state index contributed by atoms with van der Waals surface area (Å²) in [5, 5.41) is 9.32. The second-order valence-electron chi connectivity index (χ2n) is 5.35. The Kier molecular flexibility index (Phi) is 4.19. The molecule has 0 saturated heterocycles. The molecule has 0 radical (unpaired) electrons. The third-order valence-electron chi connectivity index (χ3n) is 3.91. The van der Waals surface area contributed by atoms with Crippen molar-refractivity contribution in [2.45, 2.75) is 18.2 Å². The zero-order valence-electron chi connectivity index (χ0n) is 13.1. The van der Waals surface area contributed by atoms with Crippen LogP contribution in [0.2, 0.25) is 0 Å². The Morgan fingerprint density at radius 1 is 1.25 bits per heavy atom. The van der Waals surface area contributed by atoms with Crippen LogP contribution in [0, 0.1) is 0 Å². The normalized spacial score (nSPS) is 13.6. The van der Waals surface area contributed by atoms with Gasteiger partial charge in [-0.25, -0.2) is 13.2 Å². The van der Waals surface area contributed by atoms with E-state index in [9.17, 15) is 18.3 Å². The van der Waals surface area contributed by atoms with Crippen molar-refractivity contribution in [2.24, 2.45) is 0 Å². The van der Waals surface area contributed by atoms with Gasteiger partial charge < -0.3 is 9.84 Å². The Hall–Kier alpha value is -2.54. The molecule has 0 fully saturated rings. The Bertz CT molecular complexity index is 892. The molecule has 0 aromatic heterocycles. The van der Waals surface area contributed by atoms with Gasteiger partial charge in [-0.15, -0.1) is 0 Å². The largest absolute Gasteiger partial charge is 0.493 e. The highest BCUT2D eigenvalue weighted by atomic mass is 32.2. The van der Waals surface area contributed by atoms with Gasteiger partial charge in [-0.3, -0.25) is 4.31 Å². The van der Waals surface area contributed by atoms with E-state index in [2.05, 4.69) is 0 Å². The lowest BCUT2D eigenvalue weighted by Gasteiger charge is -2.20. The molecular formula is C17H17NO5S. The molecule has 6 nitrogen and oxygen atoms in total. The van der Waals surface area contributed by atoms with Gasteiger partial charge in [0, 0.05) is 6.54 Å². The van der Waals surface area contributed by atoms with Crippen LogP contribution in [0.5, 0.6) is 5.75 Å². The quantitative estimate of drug-likeness (QED) is 0.898. The molecule has 1 heterocycles. The highest BCUT2D eigenvalue weighted by Crippen LogP contribution is 2.33. The van der Waals surface area contributed by atoms with Crippen LogP contribution in [0.3, 0.4) is 0 Å². The van der Waals surface area contributed by atoms with Gasteiger partial charge in [-0.05, 0) is 43.2 Å². The maximum absolute atomic E-state index is 12.9. The summed E-state index contributed by atoms with van der Waals surface area (Å²) in [6.45, 7) is 2.38. The second kappa shape index (κ2) is 6.16. The van der Waals surface area contributed by atoms with Crippen LogP contribution in [0.4, 0.5) is 5.69 Å². The number of fused-ring (bicyclic) bond motifs is 1. The van der Waals surface area contributed by atoms with Crippen molar-refractivity contribution in [1.29, 1.82) is 0 Å². The molecule has 2 aromatic carbocycles. The summed E-state index contributed by atoms with van der Waals surface area (Å²) >= 11 is 0. The summed E-state index contributed by atoms with van der Waals surface area (Å²) in [6.07, 6.45) is 0.637. The number of ether oxygens (including phenoxy) is 1. The Morgan fingerprint density at radius 3 is 2.71 bits per heavy atom. The number of rotatable bonds is 5. The molecule has 126 valence electrons. The number of benzene rings is 2. The molecule has 0 unspecified atom stereocenters. The molecule has 1 N–H and O–H groups in total. The minimum atomic E-state index is -3.83. The summed E-state index contributed by atoms with van der Waals surface area (Å²) in [5.41, 5.74) is 1.44. The van der Waals surface area contributed by atoms with E-state index < -0.39 is 16.0 Å². The van der Waals surface area contributed by atoms with E-state index in [0.29, 0.717) is 25.3 Å². The topological polar surface area (TPSA) is 83.9 Å². The Balaban J connectivity index is 2.05. The lowest BCUT2D eigenvalue weighted by Crippen LogP contribution is -2.29. The number of anilines is 1. The Morgan fingerprint density at radius 2 is 2.00 bits per heavy atom. The number of sulfonamides is 1. The second-order valence-corrected chi connectivity index (χ2v) is 7.21. The summed E-state index contributed by atoms with van der Waals surface area (Å²) in [5.74, 6) is -1.07. The third kappa shape index (κ3) is 2.71. The smallest absolute Gasteiger partial charge is 0.339 e. The first-order valence-corrected chi connectivity index (χ1v) is 9.00. The van der Waals surface area contributed by atoms with E-state index in [1.807, 2.05) is 12.1 Å². The fourth-order valence-electron chi connectivity index (χ4n) is 2.80.